The average molecular weight is 465 g/mol. The maximum Gasteiger partial charge on any atom is 0.303 e. The Balaban J connectivity index is 1.24. The van der Waals surface area contributed by atoms with Crippen LogP contribution in [0.4, 0.5) is 8.78 Å². The fourth-order valence-corrected chi connectivity index (χ4v) is 4.24. The molecule has 4 aromatic rings. The van der Waals surface area contributed by atoms with Gasteiger partial charge in [0.05, 0.1) is 23.6 Å². The highest BCUT2D eigenvalue weighted by Crippen LogP contribution is 2.30. The molecule has 3 aromatic heterocycles. The molecule has 0 radical (unpaired) electrons. The summed E-state index contributed by atoms with van der Waals surface area (Å²) < 4.78 is 33.3. The molecule has 34 heavy (non-hydrogen) atoms. The molecule has 1 saturated carbocycles. The van der Waals surface area contributed by atoms with Crippen molar-refractivity contribution in [3.63, 3.8) is 0 Å². The molecule has 2 N–H and O–H groups in total. The summed E-state index contributed by atoms with van der Waals surface area (Å²) >= 11 is 0. The maximum atomic E-state index is 13.9. The van der Waals surface area contributed by atoms with Crippen molar-refractivity contribution in [3.05, 3.63) is 54.5 Å². The zero-order chi connectivity index (χ0) is 23.7. The average Bonchev–Trinajstić information content (AvgIpc) is 3.25. The highest BCUT2D eigenvalue weighted by atomic mass is 19.1. The van der Waals surface area contributed by atoms with E-state index in [2.05, 4.69) is 24.9 Å². The first-order chi connectivity index (χ1) is 16.4. The molecular formula is C24H21F2N5O3. The van der Waals surface area contributed by atoms with Gasteiger partial charge >= 0.3 is 5.97 Å². The number of pyridine rings is 1. The fraction of sp³-hybridized carbons (Fsp3) is 0.292. The Kier molecular flexibility index (Phi) is 5.87. The number of halogens is 2. The zero-order valence-corrected chi connectivity index (χ0v) is 18.0. The second-order valence-corrected chi connectivity index (χ2v) is 8.40. The summed E-state index contributed by atoms with van der Waals surface area (Å²) in [6.45, 7) is 0. The van der Waals surface area contributed by atoms with E-state index >= 15 is 0 Å². The first-order valence-electron chi connectivity index (χ1n) is 11.0. The number of aromatic amines is 1. The summed E-state index contributed by atoms with van der Waals surface area (Å²) in [5.74, 6) is -1.17. The van der Waals surface area contributed by atoms with E-state index in [0.717, 1.165) is 37.3 Å². The third-order valence-electron chi connectivity index (χ3n) is 5.98. The van der Waals surface area contributed by atoms with Crippen LogP contribution in [-0.2, 0) is 4.79 Å². The van der Waals surface area contributed by atoms with Crippen LogP contribution in [0.5, 0.6) is 5.88 Å². The van der Waals surface area contributed by atoms with Crippen LogP contribution in [0.2, 0.25) is 0 Å². The number of aromatic nitrogens is 5. The second kappa shape index (κ2) is 9.12. The Morgan fingerprint density at radius 2 is 1.79 bits per heavy atom. The van der Waals surface area contributed by atoms with Crippen molar-refractivity contribution < 1.29 is 23.4 Å². The van der Waals surface area contributed by atoms with Gasteiger partial charge in [-0.25, -0.2) is 23.7 Å². The lowest BCUT2D eigenvalue weighted by molar-refractivity contribution is -0.138. The fourth-order valence-electron chi connectivity index (χ4n) is 4.24. The second-order valence-electron chi connectivity index (χ2n) is 8.40. The predicted octanol–water partition coefficient (Wildman–Crippen LogP) is 4.77. The van der Waals surface area contributed by atoms with Crippen LogP contribution < -0.4 is 4.74 Å². The molecule has 3 heterocycles. The summed E-state index contributed by atoms with van der Waals surface area (Å²) in [6.07, 6.45) is 8.25. The van der Waals surface area contributed by atoms with E-state index in [1.807, 2.05) is 6.07 Å². The Hall–Kier alpha value is -3.95. The molecule has 0 spiro atoms. The van der Waals surface area contributed by atoms with Gasteiger partial charge in [0.1, 0.15) is 23.1 Å². The molecule has 174 valence electrons. The molecule has 1 fully saturated rings. The van der Waals surface area contributed by atoms with Crippen molar-refractivity contribution in [1.29, 1.82) is 0 Å². The number of rotatable bonds is 6. The van der Waals surface area contributed by atoms with Gasteiger partial charge in [-0.05, 0) is 43.7 Å². The normalized spacial score (nSPS) is 18.2. The van der Waals surface area contributed by atoms with E-state index in [4.69, 9.17) is 9.84 Å². The minimum atomic E-state index is -0.750. The van der Waals surface area contributed by atoms with Gasteiger partial charge in [0, 0.05) is 30.3 Å². The standard InChI is InChI=1S/C24H21F2N5O3/c25-15-8-17(26)23-18(9-15)30-24(31-23)20-12-27-19(11-28-20)14-3-6-21(29-10-14)34-16-4-1-13(2-5-16)7-22(32)33/h3,6,8-13,16H,1-2,4-5,7H2,(H,30,31)(H,32,33). The number of carboxylic acids is 1. The third-order valence-corrected chi connectivity index (χ3v) is 5.98. The van der Waals surface area contributed by atoms with Crippen LogP contribution in [0.15, 0.2) is 42.9 Å². The number of imidazole rings is 1. The molecule has 1 aliphatic carbocycles. The molecule has 0 bridgehead atoms. The number of ether oxygens (including phenoxy) is 1. The maximum absolute atomic E-state index is 13.9. The van der Waals surface area contributed by atoms with E-state index < -0.39 is 17.6 Å². The summed E-state index contributed by atoms with van der Waals surface area (Å²) in [7, 11) is 0. The molecule has 0 saturated heterocycles. The Morgan fingerprint density at radius 3 is 2.47 bits per heavy atom. The molecular weight excluding hydrogens is 444 g/mol. The van der Waals surface area contributed by atoms with Crippen LogP contribution in [-0.4, -0.2) is 42.1 Å². The number of fused-ring (bicyclic) bond motifs is 1. The molecule has 0 amide bonds. The van der Waals surface area contributed by atoms with E-state index in [9.17, 15) is 13.6 Å². The van der Waals surface area contributed by atoms with E-state index in [0.29, 0.717) is 23.1 Å². The number of benzene rings is 1. The number of carboxylic acid groups (broad SMARTS) is 1. The zero-order valence-electron chi connectivity index (χ0n) is 18.0. The summed E-state index contributed by atoms with van der Waals surface area (Å²) in [6, 6.07) is 5.56. The number of H-pyrrole nitrogens is 1. The molecule has 1 aliphatic rings. The quantitative estimate of drug-likeness (QED) is 0.421. The third kappa shape index (κ3) is 4.70. The Bertz CT molecular complexity index is 1320. The van der Waals surface area contributed by atoms with Crippen molar-refractivity contribution in [2.45, 2.75) is 38.2 Å². The van der Waals surface area contributed by atoms with Crippen LogP contribution in [0, 0.1) is 17.6 Å². The topological polar surface area (TPSA) is 114 Å². The monoisotopic (exact) mass is 465 g/mol. The molecule has 0 atom stereocenters. The minimum absolute atomic E-state index is 0.0320. The summed E-state index contributed by atoms with van der Waals surface area (Å²) in [4.78, 5) is 31.0. The molecule has 8 nitrogen and oxygen atoms in total. The van der Waals surface area contributed by atoms with E-state index in [1.54, 1.807) is 18.5 Å². The van der Waals surface area contributed by atoms with E-state index in [1.165, 1.54) is 12.3 Å². The predicted molar refractivity (Wildman–Crippen MR) is 119 cm³/mol. The number of nitrogens with zero attached hydrogens (tertiary/aromatic N) is 4. The first-order valence-corrected chi connectivity index (χ1v) is 11.0. The largest absolute Gasteiger partial charge is 0.481 e. The highest BCUT2D eigenvalue weighted by molar-refractivity contribution is 5.79. The number of aliphatic carboxylic acids is 1. The molecule has 0 aliphatic heterocycles. The number of nitrogens with one attached hydrogen (secondary N) is 1. The van der Waals surface area contributed by atoms with Crippen molar-refractivity contribution in [1.82, 2.24) is 24.9 Å². The SMILES string of the molecule is O=C(O)CC1CCC(Oc2ccc(-c3cnc(-c4nc5c(F)cc(F)cc5[nH]4)cn3)cn2)CC1. The highest BCUT2D eigenvalue weighted by Gasteiger charge is 2.24. The smallest absolute Gasteiger partial charge is 0.303 e. The minimum Gasteiger partial charge on any atom is -0.481 e. The van der Waals surface area contributed by atoms with Crippen molar-refractivity contribution in [2.24, 2.45) is 5.92 Å². The lowest BCUT2D eigenvalue weighted by Gasteiger charge is -2.27. The Morgan fingerprint density at radius 1 is 1.03 bits per heavy atom. The van der Waals surface area contributed by atoms with E-state index in [-0.39, 0.29) is 29.5 Å². The van der Waals surface area contributed by atoms with Gasteiger partial charge in [0.15, 0.2) is 11.6 Å². The molecule has 0 unspecified atom stereocenters. The van der Waals surface area contributed by atoms with Gasteiger partial charge in [-0.1, -0.05) is 0 Å². The summed E-state index contributed by atoms with van der Waals surface area (Å²) in [5.41, 5.74) is 2.01. The van der Waals surface area contributed by atoms with Crippen molar-refractivity contribution in [2.75, 3.05) is 0 Å². The van der Waals surface area contributed by atoms with Crippen LogP contribution >= 0.6 is 0 Å². The summed E-state index contributed by atoms with van der Waals surface area (Å²) in [5, 5.41) is 8.93. The van der Waals surface area contributed by atoms with Gasteiger partial charge in [-0.2, -0.15) is 0 Å². The Labute approximate surface area is 193 Å². The van der Waals surface area contributed by atoms with Crippen LogP contribution in [0.3, 0.4) is 0 Å². The number of hydrogen-bond donors (Lipinski definition) is 2. The van der Waals surface area contributed by atoms with Crippen LogP contribution in [0.1, 0.15) is 32.1 Å². The van der Waals surface area contributed by atoms with Gasteiger partial charge in [0.25, 0.3) is 0 Å². The van der Waals surface area contributed by atoms with Gasteiger partial charge in [-0.15, -0.1) is 0 Å². The van der Waals surface area contributed by atoms with Gasteiger partial charge in [0.2, 0.25) is 5.88 Å². The first kappa shape index (κ1) is 21.9. The lowest BCUT2D eigenvalue weighted by atomic mass is 9.85. The van der Waals surface area contributed by atoms with Crippen molar-refractivity contribution >= 4 is 17.0 Å². The van der Waals surface area contributed by atoms with Gasteiger partial charge in [-0.3, -0.25) is 9.78 Å². The number of carbonyl (C=O) groups is 1. The number of hydrogen-bond acceptors (Lipinski definition) is 6. The molecule has 1 aromatic carbocycles. The van der Waals surface area contributed by atoms with Gasteiger partial charge < -0.3 is 14.8 Å². The molecule has 10 heteroatoms. The molecule has 5 rings (SSSR count). The lowest BCUT2D eigenvalue weighted by Crippen LogP contribution is -2.25. The van der Waals surface area contributed by atoms with Crippen LogP contribution in [0.25, 0.3) is 33.8 Å². The van der Waals surface area contributed by atoms with Crippen molar-refractivity contribution in [3.8, 4) is 28.7 Å².